The molecular weight excluding hydrogens is 444 g/mol. The van der Waals surface area contributed by atoms with Crippen LogP contribution in [0.4, 0.5) is 4.79 Å². The van der Waals surface area contributed by atoms with Gasteiger partial charge in [0.1, 0.15) is 24.4 Å². The summed E-state index contributed by atoms with van der Waals surface area (Å²) >= 11 is 0. The molecule has 0 spiro atoms. The third-order valence-electron chi connectivity index (χ3n) is 4.79. The molecule has 0 saturated heterocycles. The number of amides is 4. The lowest BCUT2D eigenvalue weighted by Gasteiger charge is -2.19. The molecule has 2 atom stereocenters. The van der Waals surface area contributed by atoms with Gasteiger partial charge >= 0.3 is 6.09 Å². The molecule has 4 amide bonds. The first-order chi connectivity index (χ1) is 16.3. The van der Waals surface area contributed by atoms with Crippen molar-refractivity contribution >= 4 is 23.8 Å². The number of hydrogen-bond donors (Lipinski definition) is 7. The van der Waals surface area contributed by atoms with Gasteiger partial charge in [0.15, 0.2) is 0 Å². The molecule has 0 aliphatic rings. The van der Waals surface area contributed by atoms with Crippen LogP contribution in [0.5, 0.6) is 5.75 Å². The molecule has 0 bridgehead atoms. The Balaban J connectivity index is 1.91. The molecule has 0 saturated carbocycles. The van der Waals surface area contributed by atoms with Crippen LogP contribution in [0.25, 0.3) is 0 Å². The van der Waals surface area contributed by atoms with Crippen molar-refractivity contribution in [2.24, 2.45) is 11.7 Å². The summed E-state index contributed by atoms with van der Waals surface area (Å²) in [6, 6.07) is 12.9. The van der Waals surface area contributed by atoms with Gasteiger partial charge in [0.25, 0.3) is 11.8 Å². The van der Waals surface area contributed by atoms with Gasteiger partial charge in [-0.2, -0.15) is 0 Å². The smallest absolute Gasteiger partial charge is 0.408 e. The number of benzene rings is 2. The van der Waals surface area contributed by atoms with Crippen molar-refractivity contribution in [1.29, 1.82) is 0 Å². The van der Waals surface area contributed by atoms with E-state index < -0.39 is 35.9 Å². The van der Waals surface area contributed by atoms with Crippen LogP contribution in [0.2, 0.25) is 0 Å². The van der Waals surface area contributed by atoms with Crippen molar-refractivity contribution in [3.8, 4) is 5.75 Å². The quantitative estimate of drug-likeness (QED) is 0.129. The number of nitrogens with two attached hydrogens (primary N) is 2. The van der Waals surface area contributed by atoms with E-state index in [0.717, 1.165) is 5.56 Å². The molecule has 34 heavy (non-hydrogen) atoms. The van der Waals surface area contributed by atoms with E-state index in [4.69, 9.17) is 16.4 Å². The first kappa shape index (κ1) is 26.1. The second kappa shape index (κ2) is 13.4. The van der Waals surface area contributed by atoms with E-state index in [2.05, 4.69) is 10.6 Å². The molecule has 0 radical (unpaired) electrons. The van der Waals surface area contributed by atoms with Crippen LogP contribution in [0.15, 0.2) is 54.6 Å². The average molecular weight is 473 g/mol. The zero-order valence-electron chi connectivity index (χ0n) is 18.3. The lowest BCUT2D eigenvalue weighted by Crippen LogP contribution is -2.51. The van der Waals surface area contributed by atoms with Gasteiger partial charge in [-0.05, 0) is 29.7 Å². The predicted molar refractivity (Wildman–Crippen MR) is 121 cm³/mol. The fraction of sp³-hybridized carbons (Fsp3) is 0.273. The zero-order chi connectivity index (χ0) is 24.9. The van der Waals surface area contributed by atoms with Crippen LogP contribution in [0.1, 0.15) is 24.0 Å². The largest absolute Gasteiger partial charge is 0.508 e. The average Bonchev–Trinajstić information content (AvgIpc) is 2.85. The molecule has 2 aromatic carbocycles. The highest BCUT2D eigenvalue weighted by Gasteiger charge is 2.24. The second-order valence-electron chi connectivity index (χ2n) is 7.31. The summed E-state index contributed by atoms with van der Waals surface area (Å²) in [6.45, 7) is -0.00271. The molecule has 0 aliphatic carbocycles. The minimum atomic E-state index is -1.14. The van der Waals surface area contributed by atoms with Crippen LogP contribution in [0, 0.1) is 0 Å². The fourth-order valence-electron chi connectivity index (χ4n) is 3.00. The normalized spacial score (nSPS) is 12.1. The molecule has 0 aliphatic heterocycles. The van der Waals surface area contributed by atoms with Gasteiger partial charge in [-0.1, -0.05) is 42.5 Å². The molecule has 12 heteroatoms. The molecule has 2 aromatic rings. The molecule has 0 heterocycles. The van der Waals surface area contributed by atoms with Crippen molar-refractivity contribution in [2.45, 2.75) is 38.0 Å². The van der Waals surface area contributed by atoms with Gasteiger partial charge in [0.2, 0.25) is 5.91 Å². The predicted octanol–water partition coefficient (Wildman–Crippen LogP) is -0.525. The number of aromatic hydroxyl groups is 1. The summed E-state index contributed by atoms with van der Waals surface area (Å²) in [5, 5.41) is 14.3. The maximum absolute atomic E-state index is 12.5. The van der Waals surface area contributed by atoms with E-state index >= 15 is 0 Å². The number of carbonyl (C=O) groups excluding carboxylic acids is 4. The van der Waals surface area contributed by atoms with Crippen LogP contribution < -0.4 is 33.2 Å². The maximum Gasteiger partial charge on any atom is 0.408 e. The van der Waals surface area contributed by atoms with Gasteiger partial charge in [-0.3, -0.25) is 25.2 Å². The Hall–Kier alpha value is -4.16. The van der Waals surface area contributed by atoms with E-state index in [1.54, 1.807) is 36.4 Å². The van der Waals surface area contributed by atoms with Crippen molar-refractivity contribution in [3.05, 3.63) is 65.7 Å². The number of alkyl carbamates (subject to hydrolysis) is 1. The van der Waals surface area contributed by atoms with Gasteiger partial charge in [0.05, 0.1) is 0 Å². The van der Waals surface area contributed by atoms with Gasteiger partial charge in [-0.25, -0.2) is 16.5 Å². The Morgan fingerprint density at radius 1 is 0.824 bits per heavy atom. The summed E-state index contributed by atoms with van der Waals surface area (Å²) < 4.78 is 5.09. The van der Waals surface area contributed by atoms with E-state index in [1.807, 2.05) is 16.9 Å². The van der Waals surface area contributed by atoms with Crippen LogP contribution in [0.3, 0.4) is 0 Å². The van der Waals surface area contributed by atoms with E-state index in [-0.39, 0.29) is 31.6 Å². The first-order valence-electron chi connectivity index (χ1n) is 10.4. The van der Waals surface area contributed by atoms with Crippen molar-refractivity contribution in [2.75, 3.05) is 0 Å². The minimum absolute atomic E-state index is 0.00271. The van der Waals surface area contributed by atoms with Gasteiger partial charge in [0, 0.05) is 12.8 Å². The molecular formula is C22H28N6O6. The molecule has 12 nitrogen and oxygen atoms in total. The summed E-state index contributed by atoms with van der Waals surface area (Å²) in [6.07, 6.45) is -1.05. The number of carbonyl (C=O) groups is 4. The Labute approximate surface area is 196 Å². The third kappa shape index (κ3) is 8.76. The number of nitrogens with one attached hydrogen (secondary N) is 4. The second-order valence-corrected chi connectivity index (χ2v) is 7.31. The number of hydrazine groups is 2. The molecule has 2 rings (SSSR count). The Morgan fingerprint density at radius 3 is 2.06 bits per heavy atom. The van der Waals surface area contributed by atoms with Crippen LogP contribution in [-0.4, -0.2) is 41.0 Å². The summed E-state index contributed by atoms with van der Waals surface area (Å²) in [7, 11) is 0. The zero-order valence-corrected chi connectivity index (χ0v) is 18.3. The van der Waals surface area contributed by atoms with E-state index in [1.165, 1.54) is 12.1 Å². The van der Waals surface area contributed by atoms with Crippen molar-refractivity contribution in [3.63, 3.8) is 0 Å². The summed E-state index contributed by atoms with van der Waals surface area (Å²) in [5.74, 6) is 8.56. The Kier molecular flexibility index (Phi) is 10.3. The number of phenols is 1. The van der Waals surface area contributed by atoms with E-state index in [9.17, 15) is 24.3 Å². The highest BCUT2D eigenvalue weighted by atomic mass is 16.5. The summed E-state index contributed by atoms with van der Waals surface area (Å²) in [4.78, 5) is 48.7. The lowest BCUT2D eigenvalue weighted by molar-refractivity contribution is -0.129. The molecule has 9 N–H and O–H groups in total. The number of phenolic OH excluding ortho intramolecular Hbond substituents is 1. The number of hydrogen-bond acceptors (Lipinski definition) is 8. The lowest BCUT2D eigenvalue weighted by atomic mass is 10.0. The van der Waals surface area contributed by atoms with Crippen molar-refractivity contribution in [1.82, 2.24) is 21.5 Å². The van der Waals surface area contributed by atoms with Crippen molar-refractivity contribution < 1.29 is 29.0 Å². The van der Waals surface area contributed by atoms with Crippen LogP contribution >= 0.6 is 0 Å². The molecule has 0 aromatic heterocycles. The monoisotopic (exact) mass is 472 g/mol. The number of ether oxygens (including phenoxy) is 1. The highest BCUT2D eigenvalue weighted by molar-refractivity contribution is 5.89. The fourth-order valence-corrected chi connectivity index (χ4v) is 3.00. The van der Waals surface area contributed by atoms with Gasteiger partial charge in [-0.15, -0.1) is 0 Å². The van der Waals surface area contributed by atoms with Gasteiger partial charge < -0.3 is 20.5 Å². The standard InChI is InChI=1S/C22H28N6O6/c23-27-20(31)17(26-22(33)34-13-15-4-2-1-3-5-15)10-11-19(30)25-18(21(32)28-24)12-14-6-8-16(29)9-7-14/h1-9,17-18,29H,10-13,23-24H2,(H,25,30)(H,26,33)(H,27,31)(H,28,32)/t17-,18-/m0/s1. The highest BCUT2D eigenvalue weighted by Crippen LogP contribution is 2.12. The molecule has 0 unspecified atom stereocenters. The maximum atomic E-state index is 12.5. The minimum Gasteiger partial charge on any atom is -0.508 e. The molecule has 0 fully saturated rings. The number of rotatable bonds is 11. The topological polar surface area (TPSA) is 198 Å². The van der Waals surface area contributed by atoms with E-state index in [0.29, 0.717) is 5.56 Å². The third-order valence-corrected chi connectivity index (χ3v) is 4.79. The molecule has 182 valence electrons. The Bertz CT molecular complexity index is 970. The SMILES string of the molecule is NNC(=O)[C@H](Cc1ccc(O)cc1)NC(=O)CC[C@H](NC(=O)OCc1ccccc1)C(=O)NN. The summed E-state index contributed by atoms with van der Waals surface area (Å²) in [5.41, 5.74) is 5.36. The van der Waals surface area contributed by atoms with Crippen LogP contribution in [-0.2, 0) is 32.1 Å². The Morgan fingerprint density at radius 2 is 1.44 bits per heavy atom. The first-order valence-corrected chi connectivity index (χ1v) is 10.4.